The van der Waals surface area contributed by atoms with Crippen LogP contribution in [0.1, 0.15) is 39.1 Å². The third-order valence-electron chi connectivity index (χ3n) is 5.36. The van der Waals surface area contributed by atoms with Crippen LogP contribution in [0, 0.1) is 6.92 Å². The molecule has 1 saturated heterocycles. The van der Waals surface area contributed by atoms with Crippen molar-refractivity contribution >= 4 is 17.5 Å². The summed E-state index contributed by atoms with van der Waals surface area (Å²) in [6.45, 7) is 2.50. The van der Waals surface area contributed by atoms with Gasteiger partial charge in [-0.2, -0.15) is 5.10 Å². The summed E-state index contributed by atoms with van der Waals surface area (Å²) in [4.78, 5) is 31.9. The van der Waals surface area contributed by atoms with Crippen LogP contribution in [0.25, 0.3) is 5.69 Å². The van der Waals surface area contributed by atoms with Crippen LogP contribution in [-0.4, -0.2) is 51.1 Å². The highest BCUT2D eigenvalue weighted by molar-refractivity contribution is 6.07. The summed E-state index contributed by atoms with van der Waals surface area (Å²) in [7, 11) is 1.51. The number of rotatable bonds is 5. The van der Waals surface area contributed by atoms with E-state index in [4.69, 9.17) is 10.5 Å². The van der Waals surface area contributed by atoms with Crippen LogP contribution in [0.3, 0.4) is 0 Å². The number of nitrogens with two attached hydrogens (primary N) is 1. The molecule has 0 spiro atoms. The third kappa shape index (κ3) is 3.52. The van der Waals surface area contributed by atoms with Crippen molar-refractivity contribution in [1.29, 1.82) is 0 Å². The number of Topliss-reactive ketones (excluding diaryl/α,β-unsaturated/α-hetero) is 1. The second kappa shape index (κ2) is 7.98. The van der Waals surface area contributed by atoms with Crippen LogP contribution in [0.15, 0.2) is 48.8 Å². The molecule has 3 heterocycles. The van der Waals surface area contributed by atoms with Gasteiger partial charge in [0.15, 0.2) is 5.78 Å². The SMILES string of the molecule is COc1ccc(C(=O)N2CCC[C@@H]2C(=O)c2cnn(-c3ccc(C)cc3)c2N)cn1. The number of aryl methyl sites for hydroxylation is 1. The Kier molecular flexibility index (Phi) is 5.22. The van der Waals surface area contributed by atoms with Gasteiger partial charge in [-0.25, -0.2) is 9.67 Å². The molecule has 1 amide bonds. The van der Waals surface area contributed by atoms with Gasteiger partial charge in [-0.05, 0) is 38.0 Å². The quantitative estimate of drug-likeness (QED) is 0.655. The van der Waals surface area contributed by atoms with E-state index >= 15 is 0 Å². The number of nitrogens with zero attached hydrogens (tertiary/aromatic N) is 4. The Bertz CT molecular complexity index is 1070. The number of anilines is 1. The first-order valence-electron chi connectivity index (χ1n) is 9.75. The van der Waals surface area contributed by atoms with Crippen LogP contribution in [0.2, 0.25) is 0 Å². The lowest BCUT2D eigenvalue weighted by Crippen LogP contribution is -2.40. The monoisotopic (exact) mass is 405 g/mol. The number of aromatic nitrogens is 3. The first-order chi connectivity index (χ1) is 14.5. The highest BCUT2D eigenvalue weighted by Gasteiger charge is 2.36. The van der Waals surface area contributed by atoms with Crippen LogP contribution < -0.4 is 10.5 Å². The van der Waals surface area contributed by atoms with Crippen molar-refractivity contribution < 1.29 is 14.3 Å². The summed E-state index contributed by atoms with van der Waals surface area (Å²) in [6, 6.07) is 10.4. The molecule has 3 aromatic rings. The third-order valence-corrected chi connectivity index (χ3v) is 5.36. The van der Waals surface area contributed by atoms with Crippen LogP contribution in [0.4, 0.5) is 5.82 Å². The van der Waals surface area contributed by atoms with Gasteiger partial charge in [0.2, 0.25) is 5.88 Å². The molecule has 0 aliphatic carbocycles. The molecule has 2 aromatic heterocycles. The largest absolute Gasteiger partial charge is 0.481 e. The Morgan fingerprint density at radius 2 is 1.90 bits per heavy atom. The average molecular weight is 405 g/mol. The number of hydrogen-bond donors (Lipinski definition) is 1. The minimum absolute atomic E-state index is 0.196. The van der Waals surface area contributed by atoms with E-state index in [-0.39, 0.29) is 17.5 Å². The van der Waals surface area contributed by atoms with Gasteiger partial charge in [0.25, 0.3) is 5.91 Å². The highest BCUT2D eigenvalue weighted by atomic mass is 16.5. The zero-order valence-electron chi connectivity index (χ0n) is 16.9. The highest BCUT2D eigenvalue weighted by Crippen LogP contribution is 2.27. The Morgan fingerprint density at radius 1 is 1.13 bits per heavy atom. The summed E-state index contributed by atoms with van der Waals surface area (Å²) < 4.78 is 6.58. The molecule has 1 aromatic carbocycles. The molecule has 2 N–H and O–H groups in total. The zero-order chi connectivity index (χ0) is 21.3. The van der Waals surface area contributed by atoms with E-state index in [1.54, 1.807) is 21.7 Å². The zero-order valence-corrected chi connectivity index (χ0v) is 16.9. The number of pyridine rings is 1. The lowest BCUT2D eigenvalue weighted by Gasteiger charge is -2.23. The van der Waals surface area contributed by atoms with Crippen LogP contribution >= 0.6 is 0 Å². The number of nitrogen functional groups attached to an aromatic ring is 1. The molecule has 1 aliphatic rings. The number of ketones is 1. The van der Waals surface area contributed by atoms with Crippen molar-refractivity contribution in [3.05, 3.63) is 65.5 Å². The van der Waals surface area contributed by atoms with Crippen LogP contribution in [0.5, 0.6) is 5.88 Å². The average Bonchev–Trinajstić information content (AvgIpc) is 3.40. The molecular weight excluding hydrogens is 382 g/mol. The Balaban J connectivity index is 1.58. The van der Waals surface area contributed by atoms with Gasteiger partial charge < -0.3 is 15.4 Å². The van der Waals surface area contributed by atoms with Gasteiger partial charge in [0.05, 0.1) is 36.2 Å². The molecule has 0 bridgehead atoms. The molecule has 0 saturated carbocycles. The molecule has 8 nitrogen and oxygen atoms in total. The summed E-state index contributed by atoms with van der Waals surface area (Å²) in [5.74, 6) is 0.273. The van der Waals surface area contributed by atoms with Gasteiger partial charge in [-0.1, -0.05) is 17.7 Å². The molecule has 8 heteroatoms. The number of methoxy groups -OCH3 is 1. The Morgan fingerprint density at radius 3 is 2.57 bits per heavy atom. The maximum Gasteiger partial charge on any atom is 0.256 e. The molecular formula is C22H23N5O3. The number of hydrogen-bond acceptors (Lipinski definition) is 6. The number of ether oxygens (including phenoxy) is 1. The second-order valence-electron chi connectivity index (χ2n) is 7.30. The van der Waals surface area contributed by atoms with Crippen molar-refractivity contribution in [2.45, 2.75) is 25.8 Å². The lowest BCUT2D eigenvalue weighted by atomic mass is 10.0. The number of benzene rings is 1. The molecule has 1 fully saturated rings. The normalized spacial score (nSPS) is 15.9. The predicted molar refractivity (Wildman–Crippen MR) is 112 cm³/mol. The minimum atomic E-state index is -0.572. The van der Waals surface area contributed by atoms with Crippen molar-refractivity contribution in [2.75, 3.05) is 19.4 Å². The van der Waals surface area contributed by atoms with E-state index in [9.17, 15) is 9.59 Å². The maximum absolute atomic E-state index is 13.3. The minimum Gasteiger partial charge on any atom is -0.481 e. The van der Waals surface area contributed by atoms with Gasteiger partial charge >= 0.3 is 0 Å². The van der Waals surface area contributed by atoms with Gasteiger partial charge in [0, 0.05) is 18.8 Å². The van der Waals surface area contributed by atoms with Crippen molar-refractivity contribution in [1.82, 2.24) is 19.7 Å². The number of carbonyl (C=O) groups is 2. The fourth-order valence-electron chi connectivity index (χ4n) is 3.69. The Labute approximate surface area is 174 Å². The number of carbonyl (C=O) groups excluding carboxylic acids is 2. The van der Waals surface area contributed by atoms with Gasteiger partial charge in [-0.15, -0.1) is 0 Å². The number of amides is 1. The molecule has 4 rings (SSSR count). The molecule has 154 valence electrons. The lowest BCUT2D eigenvalue weighted by molar-refractivity contribution is 0.0671. The van der Waals surface area contributed by atoms with E-state index in [2.05, 4.69) is 10.1 Å². The smallest absolute Gasteiger partial charge is 0.256 e. The second-order valence-corrected chi connectivity index (χ2v) is 7.30. The van der Waals surface area contributed by atoms with E-state index in [1.807, 2.05) is 31.2 Å². The van der Waals surface area contributed by atoms with Crippen LogP contribution in [-0.2, 0) is 0 Å². The topological polar surface area (TPSA) is 103 Å². The number of likely N-dealkylation sites (tertiary alicyclic amines) is 1. The van der Waals surface area contributed by atoms with Gasteiger partial charge in [-0.3, -0.25) is 9.59 Å². The summed E-state index contributed by atoms with van der Waals surface area (Å²) >= 11 is 0. The first-order valence-corrected chi connectivity index (χ1v) is 9.75. The van der Waals surface area contributed by atoms with Crippen molar-refractivity contribution in [3.63, 3.8) is 0 Å². The van der Waals surface area contributed by atoms with E-state index in [0.717, 1.165) is 17.7 Å². The first kappa shape index (κ1) is 19.6. The fourth-order valence-corrected chi connectivity index (χ4v) is 3.69. The predicted octanol–water partition coefficient (Wildman–Crippen LogP) is 2.65. The summed E-state index contributed by atoms with van der Waals surface area (Å²) in [6.07, 6.45) is 4.28. The van der Waals surface area contributed by atoms with Crippen molar-refractivity contribution in [2.24, 2.45) is 0 Å². The van der Waals surface area contributed by atoms with E-state index in [1.165, 1.54) is 19.5 Å². The molecule has 0 unspecified atom stereocenters. The van der Waals surface area contributed by atoms with E-state index < -0.39 is 6.04 Å². The maximum atomic E-state index is 13.3. The van der Waals surface area contributed by atoms with Crippen molar-refractivity contribution in [3.8, 4) is 11.6 Å². The fraction of sp³-hybridized carbons (Fsp3) is 0.273. The summed E-state index contributed by atoms with van der Waals surface area (Å²) in [5, 5.41) is 4.30. The Hall–Kier alpha value is -3.68. The molecule has 0 radical (unpaired) electrons. The van der Waals surface area contributed by atoms with E-state index in [0.29, 0.717) is 30.0 Å². The summed E-state index contributed by atoms with van der Waals surface area (Å²) in [5.41, 5.74) is 8.90. The standard InChI is InChI=1S/C22H23N5O3/c1-14-5-8-16(9-6-14)27-21(23)17(13-25-27)20(28)18-4-3-11-26(18)22(29)15-7-10-19(30-2)24-12-15/h5-10,12-13,18H,3-4,11,23H2,1-2H3/t18-/m1/s1. The molecule has 1 aliphatic heterocycles. The molecule has 30 heavy (non-hydrogen) atoms. The van der Waals surface area contributed by atoms with Gasteiger partial charge in [0.1, 0.15) is 5.82 Å². The molecule has 1 atom stereocenters.